The monoisotopic (exact) mass is 347 g/mol. The van der Waals surface area contributed by atoms with Crippen molar-refractivity contribution in [2.24, 2.45) is 5.92 Å². The van der Waals surface area contributed by atoms with E-state index in [2.05, 4.69) is 4.98 Å². The summed E-state index contributed by atoms with van der Waals surface area (Å²) in [5.74, 6) is -7.85. The van der Waals surface area contributed by atoms with E-state index in [1.54, 1.807) is 0 Å². The predicted molar refractivity (Wildman–Crippen MR) is 79.4 cm³/mol. The Kier molecular flexibility index (Phi) is 3.21. The lowest BCUT2D eigenvalue weighted by Crippen LogP contribution is -2.49. The van der Waals surface area contributed by atoms with Crippen molar-refractivity contribution < 1.29 is 28.3 Å². The van der Waals surface area contributed by atoms with Crippen molar-refractivity contribution in [2.75, 3.05) is 4.90 Å². The predicted octanol–water partition coefficient (Wildman–Crippen LogP) is 1.54. The molecule has 2 heterocycles. The maximum Gasteiger partial charge on any atom is 0.324 e. The van der Waals surface area contributed by atoms with Gasteiger partial charge in [-0.1, -0.05) is 0 Å². The van der Waals surface area contributed by atoms with Crippen LogP contribution in [0.1, 0.15) is 23.2 Å². The Morgan fingerprint density at radius 2 is 1.96 bits per heavy atom. The second-order valence-corrected chi connectivity index (χ2v) is 5.96. The van der Waals surface area contributed by atoms with Crippen molar-refractivity contribution in [3.05, 3.63) is 42.0 Å². The molecule has 0 radical (unpaired) electrons. The van der Waals surface area contributed by atoms with Gasteiger partial charge in [0.15, 0.2) is 23.3 Å². The number of anilines is 1. The highest BCUT2D eigenvalue weighted by molar-refractivity contribution is 6.30. The summed E-state index contributed by atoms with van der Waals surface area (Å²) in [6.45, 7) is 0. The molecule has 1 aliphatic heterocycles. The Morgan fingerprint density at radius 3 is 2.52 bits per heavy atom. The van der Waals surface area contributed by atoms with Crippen molar-refractivity contribution in [3.63, 3.8) is 0 Å². The third-order valence-corrected chi connectivity index (χ3v) is 4.34. The topological polar surface area (TPSA) is 92.5 Å². The molecular weight excluding hydrogens is 336 g/mol. The molecule has 1 saturated carbocycles. The first-order chi connectivity index (χ1) is 11.9. The number of aliphatic carboxylic acids is 1. The molecule has 1 N–H and O–H groups in total. The summed E-state index contributed by atoms with van der Waals surface area (Å²) in [7, 11) is 0. The zero-order chi connectivity index (χ0) is 17.9. The number of carboxylic acid groups (broad SMARTS) is 1. The van der Waals surface area contributed by atoms with E-state index in [0.717, 1.165) is 15.5 Å². The third kappa shape index (κ3) is 2.15. The molecule has 0 saturated heterocycles. The molecule has 7 nitrogen and oxygen atoms in total. The van der Waals surface area contributed by atoms with Gasteiger partial charge in [0.1, 0.15) is 5.69 Å². The number of carboxylic acids is 1. The van der Waals surface area contributed by atoms with Crippen LogP contribution in [0.25, 0.3) is 5.69 Å². The number of fused-ring (bicyclic) bond motifs is 1. The fraction of sp³-hybridized carbons (Fsp3) is 0.250. The highest BCUT2D eigenvalue weighted by atomic mass is 19.1. The van der Waals surface area contributed by atoms with Gasteiger partial charge in [0.25, 0.3) is 0 Å². The van der Waals surface area contributed by atoms with Crippen LogP contribution in [0.4, 0.5) is 14.5 Å². The molecule has 1 aromatic carbocycles. The number of aromatic nitrogens is 2. The molecule has 0 bridgehead atoms. The number of Topliss-reactive ketones (excluding diaryl/α,β-unsaturated/α-hetero) is 1. The molecule has 1 fully saturated rings. The first kappa shape index (κ1) is 15.4. The van der Waals surface area contributed by atoms with Crippen molar-refractivity contribution in [2.45, 2.75) is 18.9 Å². The molecular formula is C16H11F2N3O4. The fourth-order valence-corrected chi connectivity index (χ4v) is 3.08. The molecule has 9 heteroatoms. The molecule has 1 amide bonds. The zero-order valence-electron chi connectivity index (χ0n) is 12.6. The highest BCUT2D eigenvalue weighted by Crippen LogP contribution is 2.42. The van der Waals surface area contributed by atoms with Gasteiger partial charge < -0.3 is 14.6 Å². The van der Waals surface area contributed by atoms with Crippen molar-refractivity contribution in [1.82, 2.24) is 9.55 Å². The van der Waals surface area contributed by atoms with Gasteiger partial charge in [0, 0.05) is 24.0 Å². The quantitative estimate of drug-likeness (QED) is 0.851. The number of halogens is 2. The lowest BCUT2D eigenvalue weighted by Gasteiger charge is -2.32. The number of ketones is 1. The number of carbonyl (C=O) groups is 3. The molecule has 1 unspecified atom stereocenters. The van der Waals surface area contributed by atoms with E-state index in [4.69, 9.17) is 0 Å². The SMILES string of the molecule is O=C(O)C1C(=O)c2cc(F)c(-n3ccnc3)c(F)c2N(C2CC2)C1=O. The summed E-state index contributed by atoms with van der Waals surface area (Å²) in [5.41, 5.74) is -1.27. The Balaban J connectivity index is 2.00. The van der Waals surface area contributed by atoms with Gasteiger partial charge in [-0.3, -0.25) is 14.4 Å². The molecule has 1 atom stereocenters. The van der Waals surface area contributed by atoms with Gasteiger partial charge >= 0.3 is 5.97 Å². The molecule has 0 spiro atoms. The van der Waals surface area contributed by atoms with Gasteiger partial charge in [-0.05, 0) is 18.9 Å². The average molecular weight is 347 g/mol. The van der Waals surface area contributed by atoms with E-state index in [-0.39, 0.29) is 5.69 Å². The number of carbonyl (C=O) groups excluding carboxylic acids is 2. The maximum atomic E-state index is 15.1. The molecule has 2 aliphatic rings. The summed E-state index contributed by atoms with van der Waals surface area (Å²) >= 11 is 0. The van der Waals surface area contributed by atoms with Gasteiger partial charge in [-0.2, -0.15) is 0 Å². The number of imidazole rings is 1. The van der Waals surface area contributed by atoms with Crippen molar-refractivity contribution >= 4 is 23.3 Å². The minimum atomic E-state index is -1.98. The van der Waals surface area contributed by atoms with Gasteiger partial charge in [0.05, 0.1) is 12.0 Å². The second-order valence-electron chi connectivity index (χ2n) is 5.96. The summed E-state index contributed by atoms with van der Waals surface area (Å²) in [5, 5.41) is 9.20. The van der Waals surface area contributed by atoms with Gasteiger partial charge in [-0.25, -0.2) is 13.8 Å². The summed E-state index contributed by atoms with van der Waals surface area (Å²) < 4.78 is 30.7. The van der Waals surface area contributed by atoms with Crippen molar-refractivity contribution in [3.8, 4) is 5.69 Å². The lowest BCUT2D eigenvalue weighted by molar-refractivity contribution is -0.144. The number of nitrogens with zero attached hydrogens (tertiary/aromatic N) is 3. The summed E-state index contributed by atoms with van der Waals surface area (Å²) in [4.78, 5) is 40.9. The number of benzene rings is 1. The first-order valence-corrected chi connectivity index (χ1v) is 7.52. The fourth-order valence-electron chi connectivity index (χ4n) is 3.08. The summed E-state index contributed by atoms with van der Waals surface area (Å²) in [6.07, 6.45) is 4.95. The number of hydrogen-bond acceptors (Lipinski definition) is 4. The van der Waals surface area contributed by atoms with Crippen LogP contribution in [-0.4, -0.2) is 38.4 Å². The summed E-state index contributed by atoms with van der Waals surface area (Å²) in [6, 6.07) is 0.394. The van der Waals surface area contributed by atoms with E-state index >= 15 is 4.39 Å². The van der Waals surface area contributed by atoms with Crippen LogP contribution in [0.3, 0.4) is 0 Å². The van der Waals surface area contributed by atoms with E-state index < -0.39 is 52.5 Å². The third-order valence-electron chi connectivity index (χ3n) is 4.34. The van der Waals surface area contributed by atoms with Crippen LogP contribution in [0, 0.1) is 17.6 Å². The Labute approximate surface area is 139 Å². The van der Waals surface area contributed by atoms with Gasteiger partial charge in [-0.15, -0.1) is 0 Å². The van der Waals surface area contributed by atoms with Crippen LogP contribution in [-0.2, 0) is 9.59 Å². The zero-order valence-corrected chi connectivity index (χ0v) is 12.6. The molecule has 1 aromatic heterocycles. The molecule has 25 heavy (non-hydrogen) atoms. The maximum absolute atomic E-state index is 15.1. The van der Waals surface area contributed by atoms with Crippen LogP contribution < -0.4 is 4.90 Å². The molecule has 128 valence electrons. The minimum Gasteiger partial charge on any atom is -0.480 e. The normalized spacial score (nSPS) is 19.9. The second kappa shape index (κ2) is 5.20. The van der Waals surface area contributed by atoms with Crippen LogP contribution in [0.5, 0.6) is 0 Å². The molecule has 2 aromatic rings. The Bertz CT molecular complexity index is 922. The Hall–Kier alpha value is -3.10. The highest BCUT2D eigenvalue weighted by Gasteiger charge is 2.50. The van der Waals surface area contributed by atoms with E-state index in [9.17, 15) is 23.9 Å². The van der Waals surface area contributed by atoms with Gasteiger partial charge in [0.2, 0.25) is 5.91 Å². The van der Waals surface area contributed by atoms with Crippen LogP contribution >= 0.6 is 0 Å². The number of hydrogen-bond donors (Lipinski definition) is 1. The smallest absolute Gasteiger partial charge is 0.324 e. The van der Waals surface area contributed by atoms with Crippen LogP contribution in [0.15, 0.2) is 24.8 Å². The van der Waals surface area contributed by atoms with E-state index in [1.807, 2.05) is 0 Å². The first-order valence-electron chi connectivity index (χ1n) is 7.52. The Morgan fingerprint density at radius 1 is 1.24 bits per heavy atom. The number of amides is 1. The van der Waals surface area contributed by atoms with E-state index in [1.165, 1.54) is 18.7 Å². The largest absolute Gasteiger partial charge is 0.480 e. The molecule has 4 rings (SSSR count). The van der Waals surface area contributed by atoms with Crippen LogP contribution in [0.2, 0.25) is 0 Å². The van der Waals surface area contributed by atoms with Crippen molar-refractivity contribution in [1.29, 1.82) is 0 Å². The molecule has 1 aliphatic carbocycles. The lowest BCUT2D eigenvalue weighted by atomic mass is 9.89. The average Bonchev–Trinajstić information content (AvgIpc) is 3.23. The number of rotatable bonds is 3. The standard InChI is InChI=1S/C16H11F2N3O4/c17-9-5-8-12(11(18)13(9)20-4-3-19-6-20)21(7-1-2-7)15(23)10(14(8)22)16(24)25/h3-7,10H,1-2H2,(H,24,25). The minimum absolute atomic E-state index is 0.361. The van der Waals surface area contributed by atoms with E-state index in [0.29, 0.717) is 12.8 Å².